The van der Waals surface area contributed by atoms with E-state index in [1.807, 2.05) is 12.1 Å². The predicted octanol–water partition coefficient (Wildman–Crippen LogP) is 3.85. The second-order valence-corrected chi connectivity index (χ2v) is 7.71. The zero-order chi connectivity index (χ0) is 20.2. The molecule has 30 heavy (non-hydrogen) atoms. The van der Waals surface area contributed by atoms with Crippen molar-refractivity contribution in [3.8, 4) is 0 Å². The van der Waals surface area contributed by atoms with Crippen LogP contribution in [0.25, 0.3) is 33.2 Å². The third-order valence-electron chi connectivity index (χ3n) is 5.21. The van der Waals surface area contributed by atoms with Crippen molar-refractivity contribution in [3.05, 3.63) is 41.7 Å². The lowest BCUT2D eigenvalue weighted by Crippen LogP contribution is -2.27. The normalized spacial score (nSPS) is 16.9. The van der Waals surface area contributed by atoms with Crippen molar-refractivity contribution >= 4 is 62.5 Å². The van der Waals surface area contributed by atoms with Gasteiger partial charge in [-0.3, -0.25) is 5.32 Å². The van der Waals surface area contributed by atoms with Crippen molar-refractivity contribution in [2.75, 3.05) is 23.3 Å². The number of benzene rings is 1. The van der Waals surface area contributed by atoms with Crippen molar-refractivity contribution in [2.24, 2.45) is 5.73 Å². The Bertz CT molecular complexity index is 1410. The molecule has 10 heteroatoms. The number of fused-ring (bicyclic) bond motifs is 4. The number of rotatable bonds is 3. The molecule has 1 aliphatic heterocycles. The smallest absolute Gasteiger partial charge is 0.232 e. The molecule has 5 aromatic rings. The summed E-state index contributed by atoms with van der Waals surface area (Å²) in [4.78, 5) is 20.2. The van der Waals surface area contributed by atoms with Crippen molar-refractivity contribution < 1.29 is 8.83 Å². The van der Waals surface area contributed by atoms with Crippen LogP contribution < -0.4 is 16.0 Å². The molecule has 1 unspecified atom stereocenters. The molecule has 0 aliphatic carbocycles. The molecular formula is C20H16ClN7O2. The zero-order valence-electron chi connectivity index (χ0n) is 15.7. The quantitative estimate of drug-likeness (QED) is 0.447. The van der Waals surface area contributed by atoms with Crippen LogP contribution in [0.1, 0.15) is 6.42 Å². The van der Waals surface area contributed by atoms with Gasteiger partial charge in [-0.15, -0.1) is 0 Å². The summed E-state index contributed by atoms with van der Waals surface area (Å²) in [6.45, 7) is 1.49. The van der Waals surface area contributed by atoms with Crippen LogP contribution in [0.2, 0.25) is 5.02 Å². The molecule has 9 nitrogen and oxygen atoms in total. The maximum absolute atomic E-state index is 6.22. The van der Waals surface area contributed by atoms with Crippen LogP contribution in [0.4, 0.5) is 17.7 Å². The largest absolute Gasteiger partial charge is 0.461 e. The van der Waals surface area contributed by atoms with E-state index in [1.54, 1.807) is 24.6 Å². The number of hydrogen-bond acceptors (Lipinski definition) is 9. The van der Waals surface area contributed by atoms with Crippen LogP contribution in [0, 0.1) is 0 Å². The standard InChI is InChI=1S/C20H16ClN7O2/c21-10-1-2-14-12(7-10)16-17(30-14)18(28-5-3-11(22)9-28)26-20(25-16)27-19-23-8-15-13(24-19)4-6-29-15/h1-2,4,6-8,11H,3,5,9,22H2,(H,23,24,25,26,27). The van der Waals surface area contributed by atoms with Gasteiger partial charge < -0.3 is 19.5 Å². The van der Waals surface area contributed by atoms with Gasteiger partial charge in [-0.05, 0) is 24.6 Å². The highest BCUT2D eigenvalue weighted by Gasteiger charge is 2.26. The summed E-state index contributed by atoms with van der Waals surface area (Å²) in [6, 6.07) is 7.33. The number of anilines is 3. The number of hydrogen-bond donors (Lipinski definition) is 2. The van der Waals surface area contributed by atoms with Gasteiger partial charge in [0, 0.05) is 35.6 Å². The van der Waals surface area contributed by atoms with E-state index < -0.39 is 0 Å². The van der Waals surface area contributed by atoms with E-state index in [1.165, 1.54) is 0 Å². The summed E-state index contributed by atoms with van der Waals surface area (Å²) >= 11 is 6.22. The minimum atomic E-state index is 0.0945. The Morgan fingerprint density at radius 3 is 2.93 bits per heavy atom. The third kappa shape index (κ3) is 2.82. The summed E-state index contributed by atoms with van der Waals surface area (Å²) in [6.07, 6.45) is 4.07. The Labute approximate surface area is 174 Å². The van der Waals surface area contributed by atoms with Gasteiger partial charge in [0.05, 0.1) is 12.5 Å². The molecule has 6 rings (SSSR count). The molecule has 0 amide bonds. The molecule has 0 bridgehead atoms. The number of halogens is 1. The van der Waals surface area contributed by atoms with Crippen molar-refractivity contribution in [3.63, 3.8) is 0 Å². The van der Waals surface area contributed by atoms with Gasteiger partial charge in [0.1, 0.15) is 16.6 Å². The predicted molar refractivity (Wildman–Crippen MR) is 114 cm³/mol. The Balaban J connectivity index is 1.52. The number of nitrogens with zero attached hydrogens (tertiary/aromatic N) is 5. The highest BCUT2D eigenvalue weighted by atomic mass is 35.5. The van der Waals surface area contributed by atoms with E-state index in [0.29, 0.717) is 57.1 Å². The summed E-state index contributed by atoms with van der Waals surface area (Å²) in [7, 11) is 0. The SMILES string of the molecule is NC1CCN(c2nc(Nc3ncc4occc4n3)nc3c2oc2ccc(Cl)cc23)C1. The van der Waals surface area contributed by atoms with Crippen LogP contribution >= 0.6 is 11.6 Å². The Kier molecular flexibility index (Phi) is 3.80. The first-order valence-electron chi connectivity index (χ1n) is 9.52. The first kappa shape index (κ1) is 17.4. The molecule has 0 spiro atoms. The lowest BCUT2D eigenvalue weighted by molar-refractivity contribution is 0.613. The van der Waals surface area contributed by atoms with E-state index in [-0.39, 0.29) is 6.04 Å². The lowest BCUT2D eigenvalue weighted by Gasteiger charge is -2.17. The Hall–Kier alpha value is -3.43. The maximum atomic E-state index is 6.22. The monoisotopic (exact) mass is 421 g/mol. The molecule has 0 radical (unpaired) electrons. The van der Waals surface area contributed by atoms with Crippen LogP contribution in [0.15, 0.2) is 45.6 Å². The molecule has 150 valence electrons. The average Bonchev–Trinajstić information content (AvgIpc) is 3.45. The second kappa shape index (κ2) is 6.54. The maximum Gasteiger partial charge on any atom is 0.232 e. The van der Waals surface area contributed by atoms with Crippen LogP contribution in [0.3, 0.4) is 0 Å². The van der Waals surface area contributed by atoms with E-state index in [0.717, 1.165) is 18.4 Å². The van der Waals surface area contributed by atoms with Gasteiger partial charge in [0.25, 0.3) is 0 Å². The second-order valence-electron chi connectivity index (χ2n) is 7.27. The minimum Gasteiger partial charge on any atom is -0.461 e. The highest BCUT2D eigenvalue weighted by molar-refractivity contribution is 6.31. The number of nitrogens with one attached hydrogen (secondary N) is 1. The Morgan fingerprint density at radius 2 is 2.07 bits per heavy atom. The summed E-state index contributed by atoms with van der Waals surface area (Å²) in [5, 5.41) is 4.53. The molecule has 1 saturated heterocycles. The first-order chi connectivity index (χ1) is 14.6. The summed E-state index contributed by atoms with van der Waals surface area (Å²) < 4.78 is 11.4. The van der Waals surface area contributed by atoms with Gasteiger partial charge in [-0.2, -0.15) is 4.98 Å². The molecule has 1 aromatic carbocycles. The van der Waals surface area contributed by atoms with E-state index in [2.05, 4.69) is 25.2 Å². The van der Waals surface area contributed by atoms with E-state index >= 15 is 0 Å². The zero-order valence-corrected chi connectivity index (χ0v) is 16.4. The fourth-order valence-electron chi connectivity index (χ4n) is 3.78. The molecule has 1 aliphatic rings. The van der Waals surface area contributed by atoms with Gasteiger partial charge >= 0.3 is 0 Å². The first-order valence-corrected chi connectivity index (χ1v) is 9.89. The van der Waals surface area contributed by atoms with Gasteiger partial charge in [0.15, 0.2) is 17.0 Å². The number of furan rings is 2. The minimum absolute atomic E-state index is 0.0945. The fraction of sp³-hybridized carbons (Fsp3) is 0.200. The molecule has 4 aromatic heterocycles. The average molecular weight is 422 g/mol. The number of aromatic nitrogens is 4. The molecular weight excluding hydrogens is 406 g/mol. The van der Waals surface area contributed by atoms with Gasteiger partial charge in [-0.25, -0.2) is 15.0 Å². The van der Waals surface area contributed by atoms with E-state index in [9.17, 15) is 0 Å². The van der Waals surface area contributed by atoms with Crippen molar-refractivity contribution in [1.82, 2.24) is 19.9 Å². The highest BCUT2D eigenvalue weighted by Crippen LogP contribution is 2.36. The number of nitrogens with two attached hydrogens (primary N) is 1. The molecule has 1 fully saturated rings. The Morgan fingerprint density at radius 1 is 1.13 bits per heavy atom. The van der Waals surface area contributed by atoms with Crippen LogP contribution in [0.5, 0.6) is 0 Å². The van der Waals surface area contributed by atoms with Crippen LogP contribution in [-0.4, -0.2) is 39.1 Å². The van der Waals surface area contributed by atoms with E-state index in [4.69, 9.17) is 31.2 Å². The third-order valence-corrected chi connectivity index (χ3v) is 5.44. The molecule has 1 atom stereocenters. The molecule has 0 saturated carbocycles. The lowest BCUT2D eigenvalue weighted by atomic mass is 10.2. The van der Waals surface area contributed by atoms with Crippen molar-refractivity contribution in [1.29, 1.82) is 0 Å². The summed E-state index contributed by atoms with van der Waals surface area (Å²) in [5.74, 6) is 1.42. The fourth-order valence-corrected chi connectivity index (χ4v) is 3.95. The molecule has 3 N–H and O–H groups in total. The topological polar surface area (TPSA) is 119 Å². The summed E-state index contributed by atoms with van der Waals surface area (Å²) in [5.41, 5.74) is 9.41. The van der Waals surface area contributed by atoms with Crippen molar-refractivity contribution in [2.45, 2.75) is 12.5 Å². The van der Waals surface area contributed by atoms with Gasteiger partial charge in [0.2, 0.25) is 11.9 Å². The molecule has 5 heterocycles. The van der Waals surface area contributed by atoms with Gasteiger partial charge in [-0.1, -0.05) is 11.6 Å². The van der Waals surface area contributed by atoms with Crippen LogP contribution in [-0.2, 0) is 0 Å².